The molecular formula is C23H25NO4. The number of para-hydroxylation sites is 2. The van der Waals surface area contributed by atoms with Crippen LogP contribution in [0.3, 0.4) is 0 Å². The minimum atomic E-state index is -0.590. The van der Waals surface area contributed by atoms with Gasteiger partial charge in [-0.15, -0.1) is 0 Å². The third-order valence-electron chi connectivity index (χ3n) is 4.77. The molecule has 4 rings (SSSR count). The summed E-state index contributed by atoms with van der Waals surface area (Å²) in [5.41, 5.74) is 0. The second kappa shape index (κ2) is 8.50. The van der Waals surface area contributed by atoms with Gasteiger partial charge in [-0.1, -0.05) is 42.5 Å². The molecule has 2 atom stereocenters. The summed E-state index contributed by atoms with van der Waals surface area (Å²) in [6.07, 6.45) is -0.651. The first-order chi connectivity index (χ1) is 13.7. The van der Waals surface area contributed by atoms with Gasteiger partial charge < -0.3 is 19.3 Å². The first kappa shape index (κ1) is 18.6. The Morgan fingerprint density at radius 3 is 2.64 bits per heavy atom. The largest absolute Gasteiger partial charge is 0.491 e. The molecule has 5 heteroatoms. The molecule has 1 heterocycles. The summed E-state index contributed by atoms with van der Waals surface area (Å²) in [5.74, 6) is 2.32. The van der Waals surface area contributed by atoms with Gasteiger partial charge in [0.15, 0.2) is 11.5 Å². The van der Waals surface area contributed by atoms with Crippen LogP contribution in [0.2, 0.25) is 0 Å². The van der Waals surface area contributed by atoms with Crippen LogP contribution in [0.1, 0.15) is 0 Å². The van der Waals surface area contributed by atoms with E-state index in [0.717, 1.165) is 22.6 Å². The molecule has 0 spiro atoms. The summed E-state index contributed by atoms with van der Waals surface area (Å²) in [6, 6.07) is 21.8. The minimum Gasteiger partial charge on any atom is -0.491 e. The Kier molecular flexibility index (Phi) is 5.65. The van der Waals surface area contributed by atoms with Gasteiger partial charge in [-0.25, -0.2) is 0 Å². The van der Waals surface area contributed by atoms with Gasteiger partial charge in [0, 0.05) is 13.1 Å². The predicted molar refractivity (Wildman–Crippen MR) is 109 cm³/mol. The molecule has 0 saturated carbocycles. The first-order valence-electron chi connectivity index (χ1n) is 9.54. The van der Waals surface area contributed by atoms with Gasteiger partial charge in [-0.2, -0.15) is 0 Å². The number of hydrogen-bond acceptors (Lipinski definition) is 5. The highest BCUT2D eigenvalue weighted by Gasteiger charge is 2.22. The van der Waals surface area contributed by atoms with E-state index in [1.807, 2.05) is 66.5 Å². The standard InChI is InChI=1S/C23H25NO4/c1-24(14-21-16-27-22-8-4-5-9-23(22)28-21)13-19(25)15-26-20-11-10-17-6-2-3-7-18(17)12-20/h2-12,19,21,25H,13-16H2,1H3. The van der Waals surface area contributed by atoms with E-state index in [9.17, 15) is 5.11 Å². The van der Waals surface area contributed by atoms with Gasteiger partial charge in [-0.05, 0) is 42.1 Å². The molecule has 2 unspecified atom stereocenters. The van der Waals surface area contributed by atoms with Crippen LogP contribution in [0.5, 0.6) is 17.2 Å². The lowest BCUT2D eigenvalue weighted by atomic mass is 10.1. The van der Waals surface area contributed by atoms with Gasteiger partial charge in [0.1, 0.15) is 31.2 Å². The lowest BCUT2D eigenvalue weighted by Gasteiger charge is -2.30. The summed E-state index contributed by atoms with van der Waals surface area (Å²) >= 11 is 0. The van der Waals surface area contributed by atoms with Crippen molar-refractivity contribution in [1.82, 2.24) is 4.90 Å². The number of benzene rings is 3. The van der Waals surface area contributed by atoms with Crippen molar-refractivity contribution in [3.8, 4) is 17.2 Å². The van der Waals surface area contributed by atoms with Gasteiger partial charge in [-0.3, -0.25) is 4.90 Å². The molecule has 0 fully saturated rings. The van der Waals surface area contributed by atoms with Crippen molar-refractivity contribution in [2.75, 3.05) is 33.4 Å². The van der Waals surface area contributed by atoms with E-state index in [1.165, 1.54) is 5.39 Å². The highest BCUT2D eigenvalue weighted by molar-refractivity contribution is 5.83. The normalized spacial score (nSPS) is 16.9. The van der Waals surface area contributed by atoms with E-state index in [1.54, 1.807) is 0 Å². The third-order valence-corrected chi connectivity index (χ3v) is 4.77. The van der Waals surface area contributed by atoms with Gasteiger partial charge in [0.05, 0.1) is 0 Å². The number of aliphatic hydroxyl groups is 1. The van der Waals surface area contributed by atoms with Crippen molar-refractivity contribution in [2.24, 2.45) is 0 Å². The zero-order valence-electron chi connectivity index (χ0n) is 16.0. The molecule has 0 aromatic heterocycles. The van der Waals surface area contributed by atoms with E-state index in [0.29, 0.717) is 19.7 Å². The van der Waals surface area contributed by atoms with Crippen molar-refractivity contribution >= 4 is 10.8 Å². The summed E-state index contributed by atoms with van der Waals surface area (Å²) in [6.45, 7) is 1.91. The molecule has 3 aromatic carbocycles. The monoisotopic (exact) mass is 379 g/mol. The summed E-state index contributed by atoms with van der Waals surface area (Å²) in [7, 11) is 1.96. The number of aliphatic hydroxyl groups excluding tert-OH is 1. The Morgan fingerprint density at radius 1 is 1.04 bits per heavy atom. The number of hydrogen-bond donors (Lipinski definition) is 1. The Bertz CT molecular complexity index is 929. The summed E-state index contributed by atoms with van der Waals surface area (Å²) in [5, 5.41) is 12.6. The van der Waals surface area contributed by atoms with E-state index in [-0.39, 0.29) is 12.7 Å². The average molecular weight is 379 g/mol. The number of nitrogens with zero attached hydrogens (tertiary/aromatic N) is 1. The number of likely N-dealkylation sites (N-methyl/N-ethyl adjacent to an activating group) is 1. The van der Waals surface area contributed by atoms with Gasteiger partial charge in [0.2, 0.25) is 0 Å². The molecule has 5 nitrogen and oxygen atoms in total. The molecule has 0 bridgehead atoms. The molecule has 1 aliphatic heterocycles. The average Bonchev–Trinajstić information content (AvgIpc) is 2.72. The molecule has 1 aliphatic rings. The molecule has 3 aromatic rings. The Labute approximate surface area is 165 Å². The Hall–Kier alpha value is -2.76. The van der Waals surface area contributed by atoms with Crippen molar-refractivity contribution < 1.29 is 19.3 Å². The van der Waals surface area contributed by atoms with Crippen molar-refractivity contribution in [3.05, 3.63) is 66.7 Å². The minimum absolute atomic E-state index is 0.0616. The molecule has 1 N–H and O–H groups in total. The molecule has 28 heavy (non-hydrogen) atoms. The van der Waals surface area contributed by atoms with E-state index >= 15 is 0 Å². The first-order valence-corrected chi connectivity index (χ1v) is 9.54. The SMILES string of the molecule is CN(CC(O)COc1ccc2ccccc2c1)CC1COc2ccccc2O1. The number of rotatable bonds is 7. The fraction of sp³-hybridized carbons (Fsp3) is 0.304. The molecule has 0 radical (unpaired) electrons. The maximum atomic E-state index is 10.3. The van der Waals surface area contributed by atoms with E-state index in [2.05, 4.69) is 12.1 Å². The fourth-order valence-electron chi connectivity index (χ4n) is 3.44. The molecule has 146 valence electrons. The molecule has 0 aliphatic carbocycles. The van der Waals surface area contributed by atoms with Crippen molar-refractivity contribution in [3.63, 3.8) is 0 Å². The smallest absolute Gasteiger partial charge is 0.161 e. The van der Waals surface area contributed by atoms with Crippen LogP contribution < -0.4 is 14.2 Å². The van der Waals surface area contributed by atoms with Crippen LogP contribution in [0, 0.1) is 0 Å². The topological polar surface area (TPSA) is 51.2 Å². The van der Waals surface area contributed by atoms with E-state index < -0.39 is 6.10 Å². The zero-order valence-corrected chi connectivity index (χ0v) is 16.0. The van der Waals surface area contributed by atoms with Crippen LogP contribution in [-0.4, -0.2) is 55.6 Å². The number of ether oxygens (including phenoxy) is 3. The van der Waals surface area contributed by atoms with Gasteiger partial charge >= 0.3 is 0 Å². The predicted octanol–water partition coefficient (Wildman–Crippen LogP) is 3.35. The quantitative estimate of drug-likeness (QED) is 0.682. The van der Waals surface area contributed by atoms with Crippen LogP contribution >= 0.6 is 0 Å². The second-order valence-corrected chi connectivity index (χ2v) is 7.19. The van der Waals surface area contributed by atoms with Crippen molar-refractivity contribution in [1.29, 1.82) is 0 Å². The summed E-state index contributed by atoms with van der Waals surface area (Å²) < 4.78 is 17.5. The maximum Gasteiger partial charge on any atom is 0.161 e. The highest BCUT2D eigenvalue weighted by atomic mass is 16.6. The number of fused-ring (bicyclic) bond motifs is 2. The van der Waals surface area contributed by atoms with Crippen molar-refractivity contribution in [2.45, 2.75) is 12.2 Å². The lowest BCUT2D eigenvalue weighted by Crippen LogP contribution is -2.42. The third kappa shape index (κ3) is 4.55. The second-order valence-electron chi connectivity index (χ2n) is 7.19. The van der Waals surface area contributed by atoms with Crippen LogP contribution in [0.15, 0.2) is 66.7 Å². The van der Waals surface area contributed by atoms with Crippen LogP contribution in [0.4, 0.5) is 0 Å². The Balaban J connectivity index is 1.24. The highest BCUT2D eigenvalue weighted by Crippen LogP contribution is 2.31. The van der Waals surface area contributed by atoms with E-state index in [4.69, 9.17) is 14.2 Å². The molecule has 0 amide bonds. The fourth-order valence-corrected chi connectivity index (χ4v) is 3.44. The summed E-state index contributed by atoms with van der Waals surface area (Å²) in [4.78, 5) is 2.04. The maximum absolute atomic E-state index is 10.3. The Morgan fingerprint density at radius 2 is 1.79 bits per heavy atom. The zero-order chi connectivity index (χ0) is 19.3. The lowest BCUT2D eigenvalue weighted by molar-refractivity contribution is 0.0374. The van der Waals surface area contributed by atoms with Gasteiger partial charge in [0.25, 0.3) is 0 Å². The van der Waals surface area contributed by atoms with Crippen LogP contribution in [-0.2, 0) is 0 Å². The molecular weight excluding hydrogens is 354 g/mol. The molecule has 0 saturated heterocycles. The van der Waals surface area contributed by atoms with Crippen LogP contribution in [0.25, 0.3) is 10.8 Å².